The van der Waals surface area contributed by atoms with Gasteiger partial charge < -0.3 is 4.74 Å². The standard InChI is InChI=1S/C8H11NO/c1-3-7-6-10-5-4-8(7)9-2/h3H,1-2,4-6H2. The van der Waals surface area contributed by atoms with Gasteiger partial charge in [-0.1, -0.05) is 12.7 Å². The van der Waals surface area contributed by atoms with Crippen LogP contribution in [0.1, 0.15) is 6.42 Å². The highest BCUT2D eigenvalue weighted by Gasteiger charge is 2.07. The molecule has 10 heavy (non-hydrogen) atoms. The molecule has 1 rings (SSSR count). The topological polar surface area (TPSA) is 21.6 Å². The van der Waals surface area contributed by atoms with Crippen LogP contribution in [-0.2, 0) is 4.74 Å². The zero-order chi connectivity index (χ0) is 7.40. The number of nitrogens with zero attached hydrogens (tertiary/aromatic N) is 1. The molecule has 2 heteroatoms. The lowest BCUT2D eigenvalue weighted by Crippen LogP contribution is -2.08. The van der Waals surface area contributed by atoms with Crippen LogP contribution in [0.3, 0.4) is 0 Å². The molecule has 0 spiro atoms. The van der Waals surface area contributed by atoms with Crippen molar-refractivity contribution >= 4 is 6.72 Å². The highest BCUT2D eigenvalue weighted by atomic mass is 16.5. The fourth-order valence-electron chi connectivity index (χ4n) is 0.952. The first-order chi connectivity index (χ1) is 4.88. The van der Waals surface area contributed by atoms with Gasteiger partial charge in [-0.2, -0.15) is 0 Å². The Labute approximate surface area is 60.9 Å². The summed E-state index contributed by atoms with van der Waals surface area (Å²) >= 11 is 0. The van der Waals surface area contributed by atoms with Crippen molar-refractivity contribution in [1.29, 1.82) is 0 Å². The predicted octanol–water partition coefficient (Wildman–Crippen LogP) is 1.55. The Hall–Kier alpha value is -0.890. The SMILES string of the molecule is C=CC1=C(N=C)CCOC1. The largest absolute Gasteiger partial charge is 0.376 e. The summed E-state index contributed by atoms with van der Waals surface area (Å²) < 4.78 is 5.19. The molecule has 0 aromatic carbocycles. The third kappa shape index (κ3) is 1.33. The maximum atomic E-state index is 5.19. The van der Waals surface area contributed by atoms with Gasteiger partial charge in [0, 0.05) is 12.1 Å². The molecule has 0 aromatic heterocycles. The second-order valence-corrected chi connectivity index (χ2v) is 2.14. The zero-order valence-corrected chi connectivity index (χ0v) is 5.97. The van der Waals surface area contributed by atoms with Crippen LogP contribution < -0.4 is 0 Å². The van der Waals surface area contributed by atoms with Crippen LogP contribution in [0.15, 0.2) is 28.9 Å². The lowest BCUT2D eigenvalue weighted by molar-refractivity contribution is 0.148. The molecule has 1 heterocycles. The van der Waals surface area contributed by atoms with Gasteiger partial charge >= 0.3 is 0 Å². The van der Waals surface area contributed by atoms with Crippen LogP contribution in [0.4, 0.5) is 0 Å². The summed E-state index contributed by atoms with van der Waals surface area (Å²) in [4.78, 5) is 3.88. The van der Waals surface area contributed by atoms with Gasteiger partial charge in [0.2, 0.25) is 0 Å². The number of hydrogen-bond acceptors (Lipinski definition) is 2. The van der Waals surface area contributed by atoms with E-state index < -0.39 is 0 Å². The first-order valence-corrected chi connectivity index (χ1v) is 3.27. The quantitative estimate of drug-likeness (QED) is 0.529. The van der Waals surface area contributed by atoms with Crippen LogP contribution in [0.5, 0.6) is 0 Å². The summed E-state index contributed by atoms with van der Waals surface area (Å²) in [6.07, 6.45) is 2.65. The minimum Gasteiger partial charge on any atom is -0.376 e. The van der Waals surface area contributed by atoms with E-state index in [4.69, 9.17) is 4.74 Å². The van der Waals surface area contributed by atoms with E-state index >= 15 is 0 Å². The van der Waals surface area contributed by atoms with Gasteiger partial charge in [-0.15, -0.1) is 0 Å². The summed E-state index contributed by atoms with van der Waals surface area (Å²) in [5.41, 5.74) is 2.10. The van der Waals surface area contributed by atoms with E-state index in [0.717, 1.165) is 24.3 Å². The molecule has 0 bridgehead atoms. The van der Waals surface area contributed by atoms with Gasteiger partial charge in [-0.05, 0) is 12.3 Å². The molecular weight excluding hydrogens is 126 g/mol. The van der Waals surface area contributed by atoms with Crippen LogP contribution in [0, 0.1) is 0 Å². The molecule has 54 valence electrons. The maximum absolute atomic E-state index is 5.19. The minimum absolute atomic E-state index is 0.637. The van der Waals surface area contributed by atoms with Crippen molar-refractivity contribution in [3.63, 3.8) is 0 Å². The van der Waals surface area contributed by atoms with Crippen LogP contribution in [0.25, 0.3) is 0 Å². The second-order valence-electron chi connectivity index (χ2n) is 2.14. The van der Waals surface area contributed by atoms with Crippen molar-refractivity contribution in [2.45, 2.75) is 6.42 Å². The highest BCUT2D eigenvalue weighted by molar-refractivity contribution is 5.34. The summed E-state index contributed by atoms with van der Waals surface area (Å²) in [6.45, 7) is 8.52. The summed E-state index contributed by atoms with van der Waals surface area (Å²) in [7, 11) is 0. The van der Waals surface area contributed by atoms with Crippen molar-refractivity contribution in [1.82, 2.24) is 0 Å². The van der Waals surface area contributed by atoms with E-state index in [1.165, 1.54) is 0 Å². The minimum atomic E-state index is 0.637. The molecular formula is C8H11NO. The fraction of sp³-hybridized carbons (Fsp3) is 0.375. The molecule has 0 radical (unpaired) electrons. The van der Waals surface area contributed by atoms with E-state index in [0.29, 0.717) is 6.61 Å². The Bertz CT molecular complexity index is 162. The van der Waals surface area contributed by atoms with Gasteiger partial charge in [-0.25, -0.2) is 0 Å². The monoisotopic (exact) mass is 137 g/mol. The van der Waals surface area contributed by atoms with E-state index in [9.17, 15) is 0 Å². The summed E-state index contributed by atoms with van der Waals surface area (Å²) in [5, 5.41) is 0. The van der Waals surface area contributed by atoms with Gasteiger partial charge in [0.1, 0.15) is 0 Å². The Kier molecular flexibility index (Phi) is 2.40. The average Bonchev–Trinajstić information content (AvgIpc) is 2.04. The molecule has 2 nitrogen and oxygen atoms in total. The number of ether oxygens (including phenoxy) is 1. The normalized spacial score (nSPS) is 18.8. The van der Waals surface area contributed by atoms with Gasteiger partial charge in [0.15, 0.2) is 0 Å². The molecule has 1 aliphatic rings. The lowest BCUT2D eigenvalue weighted by Gasteiger charge is -2.14. The third-order valence-corrected chi connectivity index (χ3v) is 1.55. The first-order valence-electron chi connectivity index (χ1n) is 3.27. The Morgan fingerprint density at radius 1 is 1.60 bits per heavy atom. The van der Waals surface area contributed by atoms with Crippen molar-refractivity contribution in [2.75, 3.05) is 13.2 Å². The molecule has 0 aliphatic carbocycles. The molecule has 0 amide bonds. The van der Waals surface area contributed by atoms with Crippen molar-refractivity contribution < 1.29 is 4.74 Å². The van der Waals surface area contributed by atoms with E-state index in [-0.39, 0.29) is 0 Å². The Balaban J connectivity index is 2.81. The predicted molar refractivity (Wildman–Crippen MR) is 42.2 cm³/mol. The molecule has 0 atom stereocenters. The summed E-state index contributed by atoms with van der Waals surface area (Å²) in [5.74, 6) is 0. The molecule has 0 unspecified atom stereocenters. The van der Waals surface area contributed by atoms with Gasteiger partial charge in [-0.3, -0.25) is 4.99 Å². The number of hydrogen-bond donors (Lipinski definition) is 0. The average molecular weight is 137 g/mol. The van der Waals surface area contributed by atoms with Crippen molar-refractivity contribution in [3.05, 3.63) is 23.9 Å². The third-order valence-electron chi connectivity index (χ3n) is 1.55. The van der Waals surface area contributed by atoms with Crippen molar-refractivity contribution in [2.24, 2.45) is 4.99 Å². The Morgan fingerprint density at radius 2 is 2.40 bits per heavy atom. The van der Waals surface area contributed by atoms with E-state index in [1.807, 2.05) is 0 Å². The van der Waals surface area contributed by atoms with Crippen molar-refractivity contribution in [3.8, 4) is 0 Å². The molecule has 0 saturated heterocycles. The maximum Gasteiger partial charge on any atom is 0.0734 e. The van der Waals surface area contributed by atoms with E-state index in [1.54, 1.807) is 6.08 Å². The zero-order valence-electron chi connectivity index (χ0n) is 5.97. The van der Waals surface area contributed by atoms with Crippen LogP contribution in [-0.4, -0.2) is 19.9 Å². The smallest absolute Gasteiger partial charge is 0.0734 e. The highest BCUT2D eigenvalue weighted by Crippen LogP contribution is 2.16. The van der Waals surface area contributed by atoms with E-state index in [2.05, 4.69) is 18.3 Å². The lowest BCUT2D eigenvalue weighted by atomic mass is 10.1. The molecule has 0 N–H and O–H groups in total. The van der Waals surface area contributed by atoms with Crippen LogP contribution in [0.2, 0.25) is 0 Å². The van der Waals surface area contributed by atoms with Crippen LogP contribution >= 0.6 is 0 Å². The Morgan fingerprint density at radius 3 is 2.90 bits per heavy atom. The number of aliphatic imine (C=N–C) groups is 1. The number of rotatable bonds is 2. The molecule has 1 aliphatic heterocycles. The molecule has 0 aromatic rings. The fourth-order valence-corrected chi connectivity index (χ4v) is 0.952. The second kappa shape index (κ2) is 3.32. The first kappa shape index (κ1) is 7.22. The molecule has 0 saturated carbocycles. The molecule has 0 fully saturated rings. The van der Waals surface area contributed by atoms with Gasteiger partial charge in [0.25, 0.3) is 0 Å². The summed E-state index contributed by atoms with van der Waals surface area (Å²) in [6, 6.07) is 0. The van der Waals surface area contributed by atoms with Gasteiger partial charge in [0.05, 0.1) is 13.2 Å².